The van der Waals surface area contributed by atoms with E-state index in [-0.39, 0.29) is 24.5 Å². The highest BCUT2D eigenvalue weighted by atomic mass is 19.1. The van der Waals surface area contributed by atoms with E-state index in [1.54, 1.807) is 23.7 Å². The highest BCUT2D eigenvalue weighted by Crippen LogP contribution is 2.31. The number of esters is 1. The lowest BCUT2D eigenvalue weighted by atomic mass is 9.96. The first-order chi connectivity index (χ1) is 17.4. The Hall–Kier alpha value is -3.70. The first-order valence-electron chi connectivity index (χ1n) is 12.2. The summed E-state index contributed by atoms with van der Waals surface area (Å²) in [4.78, 5) is 38.8. The zero-order chi connectivity index (χ0) is 25.7. The number of benzene rings is 1. The van der Waals surface area contributed by atoms with Crippen LogP contribution in [0.2, 0.25) is 0 Å². The van der Waals surface area contributed by atoms with Gasteiger partial charge in [0.2, 0.25) is 5.91 Å². The van der Waals surface area contributed by atoms with Crippen molar-refractivity contribution in [2.45, 2.75) is 45.8 Å². The molecule has 1 aromatic carbocycles. The molecule has 0 bridgehead atoms. The third-order valence-corrected chi connectivity index (χ3v) is 6.45. The largest absolute Gasteiger partial charge is 0.461 e. The van der Waals surface area contributed by atoms with Gasteiger partial charge in [-0.3, -0.25) is 9.69 Å². The number of cyclic esters (lactones) is 1. The van der Waals surface area contributed by atoms with Crippen LogP contribution in [0.3, 0.4) is 0 Å². The quantitative estimate of drug-likeness (QED) is 0.519. The zero-order valence-electron chi connectivity index (χ0n) is 20.5. The van der Waals surface area contributed by atoms with Crippen LogP contribution in [0, 0.1) is 11.7 Å². The molecule has 0 aliphatic carbocycles. The Kier molecular flexibility index (Phi) is 8.01. The summed E-state index contributed by atoms with van der Waals surface area (Å²) >= 11 is 0. The van der Waals surface area contributed by atoms with Gasteiger partial charge < -0.3 is 19.7 Å². The van der Waals surface area contributed by atoms with Crippen molar-refractivity contribution in [3.63, 3.8) is 0 Å². The van der Waals surface area contributed by atoms with Crippen molar-refractivity contribution in [1.29, 1.82) is 0 Å². The summed E-state index contributed by atoms with van der Waals surface area (Å²) in [5, 5.41) is 10.5. The molecule has 1 N–H and O–H groups in total. The second kappa shape index (κ2) is 11.4. The first-order valence-corrected chi connectivity index (χ1v) is 12.2. The third-order valence-electron chi connectivity index (χ3n) is 6.45. The van der Waals surface area contributed by atoms with E-state index in [0.29, 0.717) is 56.2 Å². The molecule has 1 aromatic heterocycles. The highest BCUT2D eigenvalue weighted by Gasteiger charge is 2.33. The highest BCUT2D eigenvalue weighted by molar-refractivity contribution is 5.90. The van der Waals surface area contributed by atoms with E-state index < -0.39 is 17.9 Å². The summed E-state index contributed by atoms with van der Waals surface area (Å²) in [5.74, 6) is -0.714. The number of ether oxygens (including phenoxy) is 2. The van der Waals surface area contributed by atoms with Gasteiger partial charge >= 0.3 is 12.1 Å². The van der Waals surface area contributed by atoms with Crippen molar-refractivity contribution < 1.29 is 28.2 Å². The van der Waals surface area contributed by atoms with E-state index in [9.17, 15) is 14.4 Å². The van der Waals surface area contributed by atoms with E-state index in [1.165, 1.54) is 24.1 Å². The molecule has 0 spiro atoms. The van der Waals surface area contributed by atoms with Gasteiger partial charge in [-0.15, -0.1) is 5.10 Å². The molecule has 3 heterocycles. The molecule has 36 heavy (non-hydrogen) atoms. The fraction of sp³-hybridized carbons (Fsp3) is 0.542. The molecular weight excluding hydrogens is 471 g/mol. The normalized spacial score (nSPS) is 18.3. The van der Waals surface area contributed by atoms with E-state index in [2.05, 4.69) is 15.6 Å². The number of carbonyl (C=O) groups is 3. The molecule has 0 saturated carbocycles. The molecule has 194 valence electrons. The standard InChI is InChI=1S/C24H31FN6O5/c1-3-35-23(33)22-13-27-28-31(22)14-17-7-10-29(11-8-17)21-5-4-18(12-20(21)25)30-15-19(36-24(30)34)6-9-26-16(2)32/h4-5,12-13,17,19H,3,6-11,14-15H2,1-2H3,(H,26,32)/t19-/m0/s1. The lowest BCUT2D eigenvalue weighted by Crippen LogP contribution is -2.36. The van der Waals surface area contributed by atoms with Gasteiger partial charge in [0, 0.05) is 39.5 Å². The maximum absolute atomic E-state index is 15.1. The molecule has 0 unspecified atom stereocenters. The number of anilines is 2. The van der Waals surface area contributed by atoms with Crippen LogP contribution in [-0.4, -0.2) is 71.9 Å². The topological polar surface area (TPSA) is 119 Å². The van der Waals surface area contributed by atoms with E-state index in [1.807, 2.05) is 4.90 Å². The minimum Gasteiger partial charge on any atom is -0.461 e. The number of nitrogens with one attached hydrogen (secondary N) is 1. The number of halogens is 1. The van der Waals surface area contributed by atoms with E-state index >= 15 is 4.39 Å². The van der Waals surface area contributed by atoms with Crippen LogP contribution in [0.4, 0.5) is 20.6 Å². The number of hydrogen-bond donors (Lipinski definition) is 1. The van der Waals surface area contributed by atoms with Crippen LogP contribution >= 0.6 is 0 Å². The number of carbonyl (C=O) groups excluding carboxylic acids is 3. The van der Waals surface area contributed by atoms with Crippen LogP contribution in [0.15, 0.2) is 24.4 Å². The number of amides is 2. The molecule has 2 fully saturated rings. The van der Waals surface area contributed by atoms with Crippen LogP contribution in [-0.2, 0) is 20.8 Å². The summed E-state index contributed by atoms with van der Waals surface area (Å²) in [7, 11) is 0. The first kappa shape index (κ1) is 25.4. The molecular formula is C24H31FN6O5. The van der Waals surface area contributed by atoms with Crippen molar-refractivity contribution >= 4 is 29.3 Å². The Balaban J connectivity index is 1.32. The van der Waals surface area contributed by atoms with Crippen LogP contribution in [0.5, 0.6) is 0 Å². The lowest BCUT2D eigenvalue weighted by molar-refractivity contribution is -0.119. The fourth-order valence-electron chi connectivity index (χ4n) is 4.57. The molecule has 2 aliphatic heterocycles. The number of piperidine rings is 1. The van der Waals surface area contributed by atoms with Gasteiger partial charge in [-0.1, -0.05) is 5.21 Å². The average molecular weight is 503 g/mol. The SMILES string of the molecule is CCOC(=O)c1cnnn1CC1CCN(c2ccc(N3C[C@H](CCNC(C)=O)OC3=O)cc2F)CC1. The van der Waals surface area contributed by atoms with E-state index in [0.717, 1.165) is 12.8 Å². The third kappa shape index (κ3) is 5.92. The van der Waals surface area contributed by atoms with Crippen molar-refractivity contribution in [3.8, 4) is 0 Å². The molecule has 12 heteroatoms. The van der Waals surface area contributed by atoms with Crippen molar-refractivity contribution in [3.05, 3.63) is 35.9 Å². The average Bonchev–Trinajstić information content (AvgIpc) is 3.46. The Morgan fingerprint density at radius 3 is 2.75 bits per heavy atom. The molecule has 1 atom stereocenters. The number of nitrogens with zero attached hydrogens (tertiary/aromatic N) is 5. The van der Waals surface area contributed by atoms with E-state index in [4.69, 9.17) is 9.47 Å². The molecule has 2 saturated heterocycles. The molecule has 11 nitrogen and oxygen atoms in total. The van der Waals surface area contributed by atoms with Crippen molar-refractivity contribution in [2.24, 2.45) is 5.92 Å². The Bertz CT molecular complexity index is 1100. The van der Waals surface area contributed by atoms with Crippen LogP contribution in [0.25, 0.3) is 0 Å². The summed E-state index contributed by atoms with van der Waals surface area (Å²) in [6.45, 7) is 6.03. The van der Waals surface area contributed by atoms with Crippen LogP contribution < -0.4 is 15.1 Å². The van der Waals surface area contributed by atoms with Gasteiger partial charge in [-0.2, -0.15) is 0 Å². The minimum atomic E-state index is -0.522. The summed E-state index contributed by atoms with van der Waals surface area (Å²) in [6.07, 6.45) is 2.63. The molecule has 2 aromatic rings. The summed E-state index contributed by atoms with van der Waals surface area (Å²) in [5.41, 5.74) is 1.26. The molecule has 2 aliphatic rings. The minimum absolute atomic E-state index is 0.141. The summed E-state index contributed by atoms with van der Waals surface area (Å²) < 4.78 is 27.1. The molecule has 2 amide bonds. The summed E-state index contributed by atoms with van der Waals surface area (Å²) in [6, 6.07) is 4.78. The van der Waals surface area contributed by atoms with Gasteiger partial charge in [-0.25, -0.2) is 18.7 Å². The number of hydrogen-bond acceptors (Lipinski definition) is 8. The predicted molar refractivity (Wildman–Crippen MR) is 128 cm³/mol. The second-order valence-electron chi connectivity index (χ2n) is 8.98. The van der Waals surface area contributed by atoms with Crippen molar-refractivity contribution in [2.75, 3.05) is 42.6 Å². The number of rotatable bonds is 9. The smallest absolute Gasteiger partial charge is 0.414 e. The lowest BCUT2D eigenvalue weighted by Gasteiger charge is -2.34. The van der Waals surface area contributed by atoms with Gasteiger partial charge in [0.15, 0.2) is 5.69 Å². The Labute approximate surface area is 208 Å². The van der Waals surface area contributed by atoms with Gasteiger partial charge in [0.05, 0.1) is 30.7 Å². The molecule has 0 radical (unpaired) electrons. The van der Waals surface area contributed by atoms with Gasteiger partial charge in [0.25, 0.3) is 0 Å². The van der Waals surface area contributed by atoms with Gasteiger partial charge in [-0.05, 0) is 43.9 Å². The zero-order valence-corrected chi connectivity index (χ0v) is 20.5. The predicted octanol–water partition coefficient (Wildman–Crippen LogP) is 2.36. The van der Waals surface area contributed by atoms with Gasteiger partial charge in [0.1, 0.15) is 11.9 Å². The Morgan fingerprint density at radius 2 is 2.06 bits per heavy atom. The second-order valence-corrected chi connectivity index (χ2v) is 8.98. The Morgan fingerprint density at radius 1 is 1.28 bits per heavy atom. The maximum atomic E-state index is 15.1. The number of aromatic nitrogens is 3. The monoisotopic (exact) mass is 502 g/mol. The maximum Gasteiger partial charge on any atom is 0.414 e. The van der Waals surface area contributed by atoms with Crippen molar-refractivity contribution in [1.82, 2.24) is 20.3 Å². The van der Waals surface area contributed by atoms with Crippen LogP contribution in [0.1, 0.15) is 43.6 Å². The fourth-order valence-corrected chi connectivity index (χ4v) is 4.57. The molecule has 4 rings (SSSR count).